The molecule has 1 unspecified atom stereocenters. The van der Waals surface area contributed by atoms with Crippen LogP contribution in [0.2, 0.25) is 0 Å². The van der Waals surface area contributed by atoms with Gasteiger partial charge in [-0.15, -0.1) is 0 Å². The summed E-state index contributed by atoms with van der Waals surface area (Å²) >= 11 is 0. The Labute approximate surface area is 197 Å². The van der Waals surface area contributed by atoms with Crippen molar-refractivity contribution in [3.63, 3.8) is 0 Å². The molecule has 2 amide bonds. The molecule has 1 atom stereocenters. The van der Waals surface area contributed by atoms with Gasteiger partial charge in [0.25, 0.3) is 5.91 Å². The number of hydrogen-bond donors (Lipinski definition) is 2. The summed E-state index contributed by atoms with van der Waals surface area (Å²) in [6.45, 7) is 4.29. The average Bonchev–Trinajstić information content (AvgIpc) is 3.30. The van der Waals surface area contributed by atoms with Crippen molar-refractivity contribution in [2.75, 3.05) is 24.4 Å². The van der Waals surface area contributed by atoms with Crippen LogP contribution in [0.15, 0.2) is 48.5 Å². The largest absolute Gasteiger partial charge is 0.462 e. The van der Waals surface area contributed by atoms with Gasteiger partial charge in [-0.2, -0.15) is 5.10 Å². The Bertz CT molecular complexity index is 1220. The van der Waals surface area contributed by atoms with E-state index in [1.54, 1.807) is 43.0 Å². The number of rotatable bonds is 8. The van der Waals surface area contributed by atoms with E-state index in [9.17, 15) is 14.4 Å². The Morgan fingerprint density at radius 3 is 2.47 bits per heavy atom. The fourth-order valence-electron chi connectivity index (χ4n) is 3.87. The van der Waals surface area contributed by atoms with E-state index in [1.165, 1.54) is 0 Å². The van der Waals surface area contributed by atoms with Gasteiger partial charge >= 0.3 is 5.97 Å². The number of methoxy groups -OCH3 is 1. The third-order valence-electron chi connectivity index (χ3n) is 5.50. The number of ether oxygens (including phenoxy) is 2. The van der Waals surface area contributed by atoms with E-state index in [4.69, 9.17) is 9.47 Å². The first-order valence-electron chi connectivity index (χ1n) is 11.0. The summed E-state index contributed by atoms with van der Waals surface area (Å²) in [4.78, 5) is 37.2. The second-order valence-corrected chi connectivity index (χ2v) is 7.97. The van der Waals surface area contributed by atoms with E-state index < -0.39 is 12.0 Å². The number of fused-ring (bicyclic) bond motifs is 1. The highest BCUT2D eigenvalue weighted by Crippen LogP contribution is 2.39. The van der Waals surface area contributed by atoms with Crippen molar-refractivity contribution < 1.29 is 23.9 Å². The molecule has 0 radical (unpaired) electrons. The van der Waals surface area contributed by atoms with E-state index in [0.717, 1.165) is 16.7 Å². The van der Waals surface area contributed by atoms with Crippen LogP contribution in [0.25, 0.3) is 11.1 Å². The summed E-state index contributed by atoms with van der Waals surface area (Å²) in [6, 6.07) is 13.5. The second kappa shape index (κ2) is 9.88. The fraction of sp³-hybridized carbons (Fsp3) is 0.280. The Morgan fingerprint density at radius 1 is 1.12 bits per heavy atom. The summed E-state index contributed by atoms with van der Waals surface area (Å²) in [5.41, 5.74) is 4.40. The van der Waals surface area contributed by atoms with Gasteiger partial charge in [0.15, 0.2) is 0 Å². The molecule has 9 heteroatoms. The molecule has 1 aliphatic rings. The van der Waals surface area contributed by atoms with Crippen LogP contribution in [0.5, 0.6) is 0 Å². The first-order valence-corrected chi connectivity index (χ1v) is 11.0. The van der Waals surface area contributed by atoms with Crippen molar-refractivity contribution in [2.45, 2.75) is 32.9 Å². The molecule has 1 aliphatic heterocycles. The molecule has 3 aromatic rings. The number of nitrogens with one attached hydrogen (secondary N) is 2. The lowest BCUT2D eigenvalue weighted by molar-refractivity contribution is -0.123. The maximum absolute atomic E-state index is 12.7. The summed E-state index contributed by atoms with van der Waals surface area (Å²) in [5, 5.41) is 10.2. The highest BCUT2D eigenvalue weighted by molar-refractivity contribution is 6.04. The zero-order valence-electron chi connectivity index (χ0n) is 19.3. The van der Waals surface area contributed by atoms with E-state index in [2.05, 4.69) is 15.7 Å². The molecule has 2 aromatic carbocycles. The van der Waals surface area contributed by atoms with Crippen molar-refractivity contribution in [1.82, 2.24) is 9.78 Å². The van der Waals surface area contributed by atoms with Crippen LogP contribution in [0, 0.1) is 6.92 Å². The molecule has 0 aliphatic carbocycles. The SMILES string of the molecule is CCOC(=O)c1ccc(NC(=O)CC2C(=O)Nc3c(-c4ccc(C)cc4)c(COC)nn32)cc1. The van der Waals surface area contributed by atoms with E-state index >= 15 is 0 Å². The van der Waals surface area contributed by atoms with Gasteiger partial charge in [0, 0.05) is 18.4 Å². The minimum absolute atomic E-state index is 0.0973. The number of amides is 2. The standard InChI is InChI=1S/C25H26N4O5/c1-4-34-25(32)17-9-11-18(12-10-17)26-21(30)13-20-24(31)27-23-22(16-7-5-15(2)6-8-16)19(14-33-3)28-29(20)23/h5-12,20H,4,13-14H2,1-3H3,(H,26,30)(H,27,31). The Hall–Kier alpha value is -3.98. The molecule has 0 saturated carbocycles. The van der Waals surface area contributed by atoms with Gasteiger partial charge in [-0.05, 0) is 43.7 Å². The van der Waals surface area contributed by atoms with E-state index in [1.807, 2.05) is 31.2 Å². The fourth-order valence-corrected chi connectivity index (χ4v) is 3.87. The second-order valence-electron chi connectivity index (χ2n) is 7.97. The summed E-state index contributed by atoms with van der Waals surface area (Å²) in [5.74, 6) is -0.520. The number of aryl methyl sites for hydroxylation is 1. The van der Waals surface area contributed by atoms with Crippen LogP contribution in [0.1, 0.15) is 41.0 Å². The molecule has 176 valence electrons. The number of esters is 1. The molecule has 4 rings (SSSR count). The van der Waals surface area contributed by atoms with E-state index in [0.29, 0.717) is 22.8 Å². The Balaban J connectivity index is 1.53. The molecule has 9 nitrogen and oxygen atoms in total. The predicted molar refractivity (Wildman–Crippen MR) is 126 cm³/mol. The van der Waals surface area contributed by atoms with Crippen molar-refractivity contribution in [3.05, 3.63) is 65.4 Å². The van der Waals surface area contributed by atoms with Crippen molar-refractivity contribution in [3.8, 4) is 11.1 Å². The number of hydrogen-bond acceptors (Lipinski definition) is 6. The highest BCUT2D eigenvalue weighted by atomic mass is 16.5. The molecule has 34 heavy (non-hydrogen) atoms. The zero-order valence-corrected chi connectivity index (χ0v) is 19.3. The lowest BCUT2D eigenvalue weighted by atomic mass is 10.0. The number of carbonyl (C=O) groups is 3. The lowest BCUT2D eigenvalue weighted by Crippen LogP contribution is -2.24. The normalized spacial score (nSPS) is 14.4. The molecule has 0 bridgehead atoms. The van der Waals surface area contributed by atoms with Gasteiger partial charge in [0.05, 0.1) is 30.9 Å². The van der Waals surface area contributed by atoms with Gasteiger partial charge in [0.1, 0.15) is 11.9 Å². The quantitative estimate of drug-likeness (QED) is 0.494. The van der Waals surface area contributed by atoms with Crippen LogP contribution < -0.4 is 10.6 Å². The lowest BCUT2D eigenvalue weighted by Gasteiger charge is -2.10. The van der Waals surface area contributed by atoms with Gasteiger partial charge < -0.3 is 20.1 Å². The predicted octanol–water partition coefficient (Wildman–Crippen LogP) is 3.70. The number of carbonyl (C=O) groups excluding carboxylic acids is 3. The molecule has 2 heterocycles. The van der Waals surface area contributed by atoms with Crippen LogP contribution in [-0.4, -0.2) is 41.3 Å². The number of benzene rings is 2. The first-order chi connectivity index (χ1) is 16.4. The van der Waals surface area contributed by atoms with Crippen LogP contribution >= 0.6 is 0 Å². The third kappa shape index (κ3) is 4.69. The minimum atomic E-state index is -0.788. The first kappa shape index (κ1) is 23.2. The van der Waals surface area contributed by atoms with Gasteiger partial charge in [-0.1, -0.05) is 29.8 Å². The van der Waals surface area contributed by atoms with Crippen LogP contribution in [-0.2, 0) is 25.7 Å². The monoisotopic (exact) mass is 462 g/mol. The summed E-state index contributed by atoms with van der Waals surface area (Å²) in [7, 11) is 1.58. The number of nitrogens with zero attached hydrogens (tertiary/aromatic N) is 2. The molecular weight excluding hydrogens is 436 g/mol. The minimum Gasteiger partial charge on any atom is -0.462 e. The van der Waals surface area contributed by atoms with Gasteiger partial charge in [0.2, 0.25) is 5.91 Å². The van der Waals surface area contributed by atoms with Crippen LogP contribution in [0.4, 0.5) is 11.5 Å². The third-order valence-corrected chi connectivity index (χ3v) is 5.50. The number of anilines is 2. The maximum atomic E-state index is 12.7. The highest BCUT2D eigenvalue weighted by Gasteiger charge is 2.37. The van der Waals surface area contributed by atoms with E-state index in [-0.39, 0.29) is 31.4 Å². The number of aromatic nitrogens is 2. The summed E-state index contributed by atoms with van der Waals surface area (Å²) in [6.07, 6.45) is -0.0973. The molecule has 2 N–H and O–H groups in total. The van der Waals surface area contributed by atoms with Crippen molar-refractivity contribution in [2.24, 2.45) is 0 Å². The molecule has 0 spiro atoms. The topological polar surface area (TPSA) is 112 Å². The van der Waals surface area contributed by atoms with Gasteiger partial charge in [-0.25, -0.2) is 9.48 Å². The van der Waals surface area contributed by atoms with Crippen molar-refractivity contribution >= 4 is 29.3 Å². The zero-order chi connectivity index (χ0) is 24.2. The van der Waals surface area contributed by atoms with Crippen LogP contribution in [0.3, 0.4) is 0 Å². The average molecular weight is 463 g/mol. The molecular formula is C25H26N4O5. The smallest absolute Gasteiger partial charge is 0.338 e. The van der Waals surface area contributed by atoms with Gasteiger partial charge in [-0.3, -0.25) is 9.59 Å². The molecule has 0 fully saturated rings. The molecule has 0 saturated heterocycles. The molecule has 1 aromatic heterocycles. The van der Waals surface area contributed by atoms with Crippen molar-refractivity contribution in [1.29, 1.82) is 0 Å². The Morgan fingerprint density at radius 2 is 1.82 bits per heavy atom. The summed E-state index contributed by atoms with van der Waals surface area (Å²) < 4.78 is 11.8. The maximum Gasteiger partial charge on any atom is 0.338 e. The Kier molecular flexibility index (Phi) is 6.74.